The van der Waals surface area contributed by atoms with E-state index in [9.17, 15) is 4.79 Å². The highest BCUT2D eigenvalue weighted by Crippen LogP contribution is 2.23. The Hall–Kier alpha value is -2.21. The maximum atomic E-state index is 12.6. The minimum atomic E-state index is -0.193. The molecule has 0 bridgehead atoms. The number of aromatic nitrogens is 3. The van der Waals surface area contributed by atoms with Crippen molar-refractivity contribution < 1.29 is 9.53 Å². The minimum Gasteiger partial charge on any atom is -0.366 e. The van der Waals surface area contributed by atoms with Gasteiger partial charge in [0.2, 0.25) is 5.91 Å². The van der Waals surface area contributed by atoms with Crippen LogP contribution in [0.1, 0.15) is 43.2 Å². The fraction of sp³-hybridized carbons (Fsp3) is 0.500. The van der Waals surface area contributed by atoms with Crippen LogP contribution in [0.4, 0.5) is 0 Å². The first-order valence-electron chi connectivity index (χ1n) is 8.43. The summed E-state index contributed by atoms with van der Waals surface area (Å²) in [7, 11) is 1.89. The zero-order valence-electron chi connectivity index (χ0n) is 14.3. The summed E-state index contributed by atoms with van der Waals surface area (Å²) in [6.45, 7) is 3.90. The first kappa shape index (κ1) is 16.6. The molecule has 3 rings (SSSR count). The molecule has 0 saturated carbocycles. The van der Waals surface area contributed by atoms with Gasteiger partial charge in [-0.2, -0.15) is 0 Å². The van der Waals surface area contributed by atoms with Gasteiger partial charge in [-0.25, -0.2) is 0 Å². The number of carbonyl (C=O) groups excluding carboxylic acids is 1. The molecule has 1 saturated heterocycles. The van der Waals surface area contributed by atoms with Crippen LogP contribution in [0.25, 0.3) is 0 Å². The topological polar surface area (TPSA) is 60.3 Å². The molecule has 1 aliphatic rings. The fourth-order valence-electron chi connectivity index (χ4n) is 3.06. The largest absolute Gasteiger partial charge is 0.366 e. The van der Waals surface area contributed by atoms with Crippen molar-refractivity contribution in [3.05, 3.63) is 48.0 Å². The Labute approximate surface area is 142 Å². The number of hydrogen-bond acceptors (Lipinski definition) is 4. The second kappa shape index (κ2) is 7.57. The predicted octanol–water partition coefficient (Wildman–Crippen LogP) is 2.30. The van der Waals surface area contributed by atoms with Crippen LogP contribution in [-0.4, -0.2) is 45.3 Å². The van der Waals surface area contributed by atoms with E-state index in [-0.39, 0.29) is 12.0 Å². The number of nitrogens with zero attached hydrogens (tertiary/aromatic N) is 4. The van der Waals surface area contributed by atoms with Crippen LogP contribution in [0.2, 0.25) is 0 Å². The van der Waals surface area contributed by atoms with Crippen molar-refractivity contribution in [2.45, 2.75) is 31.8 Å². The zero-order valence-corrected chi connectivity index (χ0v) is 14.3. The van der Waals surface area contributed by atoms with E-state index in [1.165, 1.54) is 5.56 Å². The maximum Gasteiger partial charge on any atom is 0.222 e. The van der Waals surface area contributed by atoms with Crippen molar-refractivity contribution in [1.29, 1.82) is 0 Å². The summed E-state index contributed by atoms with van der Waals surface area (Å²) < 4.78 is 7.60. The highest BCUT2D eigenvalue weighted by molar-refractivity contribution is 5.76. The van der Waals surface area contributed by atoms with E-state index >= 15 is 0 Å². The van der Waals surface area contributed by atoms with Crippen molar-refractivity contribution in [3.63, 3.8) is 0 Å². The van der Waals surface area contributed by atoms with Gasteiger partial charge in [0.05, 0.1) is 13.2 Å². The van der Waals surface area contributed by atoms with E-state index in [1.807, 2.05) is 34.7 Å². The number of amides is 1. The predicted molar refractivity (Wildman–Crippen MR) is 90.4 cm³/mol. The number of aryl methyl sites for hydroxylation is 1. The second-order valence-electron chi connectivity index (χ2n) is 6.35. The molecule has 6 heteroatoms. The van der Waals surface area contributed by atoms with Crippen LogP contribution in [-0.2, 0) is 16.6 Å². The Morgan fingerprint density at radius 3 is 2.88 bits per heavy atom. The molecule has 1 amide bonds. The lowest BCUT2D eigenvalue weighted by Crippen LogP contribution is -2.42. The molecule has 0 aliphatic carbocycles. The monoisotopic (exact) mass is 328 g/mol. The molecule has 2 aromatic rings. The molecule has 1 aromatic carbocycles. The van der Waals surface area contributed by atoms with Crippen LogP contribution >= 0.6 is 0 Å². The summed E-state index contributed by atoms with van der Waals surface area (Å²) in [5.41, 5.74) is 1.28. The average molecular weight is 328 g/mol. The molecule has 2 unspecified atom stereocenters. The van der Waals surface area contributed by atoms with Gasteiger partial charge in [-0.3, -0.25) is 4.79 Å². The van der Waals surface area contributed by atoms with Gasteiger partial charge in [-0.05, 0) is 17.9 Å². The summed E-state index contributed by atoms with van der Waals surface area (Å²) in [4.78, 5) is 14.5. The number of carbonyl (C=O) groups is 1. The molecule has 0 radical (unpaired) electrons. The van der Waals surface area contributed by atoms with Crippen molar-refractivity contribution >= 4 is 5.91 Å². The van der Waals surface area contributed by atoms with Gasteiger partial charge in [0, 0.05) is 20.0 Å². The summed E-state index contributed by atoms with van der Waals surface area (Å²) >= 11 is 0. The van der Waals surface area contributed by atoms with Gasteiger partial charge >= 0.3 is 0 Å². The summed E-state index contributed by atoms with van der Waals surface area (Å²) in [6.07, 6.45) is 2.87. The van der Waals surface area contributed by atoms with E-state index in [0.29, 0.717) is 32.0 Å². The van der Waals surface area contributed by atoms with E-state index < -0.39 is 0 Å². The number of rotatable bonds is 5. The van der Waals surface area contributed by atoms with E-state index in [0.717, 1.165) is 12.2 Å². The molecule has 0 N–H and O–H groups in total. The third-order valence-electron chi connectivity index (χ3n) is 4.61. The van der Waals surface area contributed by atoms with Crippen molar-refractivity contribution in [1.82, 2.24) is 19.7 Å². The summed E-state index contributed by atoms with van der Waals surface area (Å²) in [5, 5.41) is 7.99. The Morgan fingerprint density at radius 1 is 1.38 bits per heavy atom. The van der Waals surface area contributed by atoms with Crippen LogP contribution in [0.15, 0.2) is 36.7 Å². The molecule has 128 valence electrons. The van der Waals surface area contributed by atoms with Gasteiger partial charge in [0.25, 0.3) is 0 Å². The normalized spacial score (nSPS) is 19.2. The van der Waals surface area contributed by atoms with Crippen molar-refractivity contribution in [3.8, 4) is 0 Å². The summed E-state index contributed by atoms with van der Waals surface area (Å²) in [6, 6.07) is 10.3. The molecule has 2 atom stereocenters. The average Bonchev–Trinajstić information content (AvgIpc) is 3.06. The van der Waals surface area contributed by atoms with E-state index in [1.54, 1.807) is 6.33 Å². The standard InChI is InChI=1S/C18H24N4O2/c1-14(15-6-4-3-5-7-15)8-9-17(23)22-10-11-24-16(12-22)18-20-19-13-21(18)2/h3-7,13-14,16H,8-12H2,1-2H3. The number of morpholine rings is 1. The quantitative estimate of drug-likeness (QED) is 0.845. The Balaban J connectivity index is 1.54. The second-order valence-corrected chi connectivity index (χ2v) is 6.35. The Bertz CT molecular complexity index is 671. The lowest BCUT2D eigenvalue weighted by atomic mass is 9.96. The number of benzene rings is 1. The fourth-order valence-corrected chi connectivity index (χ4v) is 3.06. The van der Waals surface area contributed by atoms with Gasteiger partial charge in [0.1, 0.15) is 12.4 Å². The Kier molecular flexibility index (Phi) is 5.25. The van der Waals surface area contributed by atoms with Gasteiger partial charge < -0.3 is 14.2 Å². The van der Waals surface area contributed by atoms with Gasteiger partial charge in [-0.15, -0.1) is 10.2 Å². The SMILES string of the molecule is CC(CCC(=O)N1CCOC(c2nncn2C)C1)c1ccccc1. The summed E-state index contributed by atoms with van der Waals surface area (Å²) in [5.74, 6) is 1.34. The smallest absolute Gasteiger partial charge is 0.222 e. The molecule has 6 nitrogen and oxygen atoms in total. The highest BCUT2D eigenvalue weighted by Gasteiger charge is 2.28. The first-order chi connectivity index (χ1) is 11.6. The van der Waals surface area contributed by atoms with E-state index in [4.69, 9.17) is 4.74 Å². The van der Waals surface area contributed by atoms with Gasteiger partial charge in [0.15, 0.2) is 5.82 Å². The molecule has 1 aliphatic heterocycles. The molecule has 2 heterocycles. The van der Waals surface area contributed by atoms with Crippen molar-refractivity contribution in [2.24, 2.45) is 7.05 Å². The molecular weight excluding hydrogens is 304 g/mol. The Morgan fingerprint density at radius 2 is 2.17 bits per heavy atom. The first-order valence-corrected chi connectivity index (χ1v) is 8.43. The van der Waals surface area contributed by atoms with Crippen LogP contribution < -0.4 is 0 Å². The van der Waals surface area contributed by atoms with Crippen LogP contribution in [0, 0.1) is 0 Å². The number of ether oxygens (including phenoxy) is 1. The van der Waals surface area contributed by atoms with Crippen molar-refractivity contribution in [2.75, 3.05) is 19.7 Å². The molecule has 0 spiro atoms. The molecule has 24 heavy (non-hydrogen) atoms. The lowest BCUT2D eigenvalue weighted by molar-refractivity contribution is -0.139. The maximum absolute atomic E-state index is 12.6. The molecule has 1 aromatic heterocycles. The van der Waals surface area contributed by atoms with Crippen LogP contribution in [0.5, 0.6) is 0 Å². The zero-order chi connectivity index (χ0) is 16.9. The van der Waals surface area contributed by atoms with E-state index in [2.05, 4.69) is 29.3 Å². The molecular formula is C18H24N4O2. The highest BCUT2D eigenvalue weighted by atomic mass is 16.5. The number of hydrogen-bond donors (Lipinski definition) is 0. The molecule has 1 fully saturated rings. The third-order valence-corrected chi connectivity index (χ3v) is 4.61. The third kappa shape index (κ3) is 3.82. The van der Waals surface area contributed by atoms with Crippen LogP contribution in [0.3, 0.4) is 0 Å². The lowest BCUT2D eigenvalue weighted by Gasteiger charge is -2.32. The van der Waals surface area contributed by atoms with Gasteiger partial charge in [-0.1, -0.05) is 37.3 Å². The minimum absolute atomic E-state index is 0.188.